The van der Waals surface area contributed by atoms with Crippen LogP contribution in [-0.4, -0.2) is 15.3 Å². The summed E-state index contributed by atoms with van der Waals surface area (Å²) in [5.41, 5.74) is 0. The monoisotopic (exact) mass is 126 g/mol. The van der Waals surface area contributed by atoms with Crippen LogP contribution in [-0.2, 0) is 20.0 Å². The van der Waals surface area contributed by atoms with E-state index >= 15 is 0 Å². The Bertz CT molecular complexity index is 22.8. The van der Waals surface area contributed by atoms with Crippen molar-refractivity contribution in [2.75, 3.05) is 0 Å². The second kappa shape index (κ2) is 17.8. The van der Waals surface area contributed by atoms with E-state index in [1.54, 1.807) is 0 Å². The van der Waals surface area contributed by atoms with E-state index in [1.165, 1.54) is 6.42 Å². The molecule has 0 aliphatic carbocycles. The first-order valence-corrected chi connectivity index (χ1v) is 2.31. The van der Waals surface area contributed by atoms with Crippen molar-refractivity contribution in [2.45, 2.75) is 13.3 Å². The van der Waals surface area contributed by atoms with Crippen molar-refractivity contribution in [3.05, 3.63) is 0 Å². The van der Waals surface area contributed by atoms with Gasteiger partial charge in [-0.1, -0.05) is 0 Å². The van der Waals surface area contributed by atoms with Crippen molar-refractivity contribution in [1.82, 2.24) is 0 Å². The number of hydrogen-bond donors (Lipinski definition) is 0. The molecule has 0 saturated heterocycles. The molecule has 4 N–H and O–H groups in total. The molecular formula is C3H10O2Ti. The summed E-state index contributed by atoms with van der Waals surface area (Å²) in [5.74, 6) is 0. The van der Waals surface area contributed by atoms with Gasteiger partial charge in [0, 0.05) is 0 Å². The van der Waals surface area contributed by atoms with Crippen LogP contribution in [0.2, 0.25) is 0 Å². The molecule has 6 heavy (non-hydrogen) atoms. The smallest absolute Gasteiger partial charge is 0.412 e. The summed E-state index contributed by atoms with van der Waals surface area (Å²) in [5, 5.41) is 0. The Labute approximate surface area is 49.1 Å². The summed E-state index contributed by atoms with van der Waals surface area (Å²) in [7, 11) is 0. The van der Waals surface area contributed by atoms with Gasteiger partial charge >= 0.3 is 37.6 Å². The Morgan fingerprint density at radius 3 is 1.67 bits per heavy atom. The third-order valence-corrected chi connectivity index (χ3v) is 0.842. The van der Waals surface area contributed by atoms with E-state index in [9.17, 15) is 0 Å². The third-order valence-electron chi connectivity index (χ3n) is 0.204. The van der Waals surface area contributed by atoms with E-state index < -0.39 is 0 Å². The fourth-order valence-corrected chi connectivity index (χ4v) is 0. The Hall–Kier alpha value is 0.504. The van der Waals surface area contributed by atoms with Gasteiger partial charge in [0.05, 0.1) is 0 Å². The SMILES string of the molecule is CC[CH]=[Ti].O.O. The zero-order chi connectivity index (χ0) is 3.41. The predicted octanol–water partition coefficient (Wildman–Crippen LogP) is -0.904. The van der Waals surface area contributed by atoms with Gasteiger partial charge in [0.25, 0.3) is 0 Å². The number of rotatable bonds is 1. The average molecular weight is 126 g/mol. The molecule has 0 aliphatic rings. The van der Waals surface area contributed by atoms with Gasteiger partial charge in [0.2, 0.25) is 0 Å². The molecule has 0 radical (unpaired) electrons. The van der Waals surface area contributed by atoms with Gasteiger partial charge in [-0.15, -0.1) is 0 Å². The van der Waals surface area contributed by atoms with E-state index in [0.717, 1.165) is 0 Å². The molecule has 0 aromatic carbocycles. The van der Waals surface area contributed by atoms with Gasteiger partial charge in [0.15, 0.2) is 0 Å². The van der Waals surface area contributed by atoms with Crippen molar-refractivity contribution < 1.29 is 30.9 Å². The molecule has 0 atom stereocenters. The maximum atomic E-state index is 2.12. The normalized spacial score (nSPS) is 4.00. The predicted molar refractivity (Wildman–Crippen MR) is 23.6 cm³/mol. The van der Waals surface area contributed by atoms with Crippen LogP contribution in [0.3, 0.4) is 0 Å². The first-order valence-electron chi connectivity index (χ1n) is 1.40. The van der Waals surface area contributed by atoms with Crippen LogP contribution >= 0.6 is 0 Å². The fourth-order valence-electron chi connectivity index (χ4n) is 0. The van der Waals surface area contributed by atoms with Crippen LogP contribution in [0.15, 0.2) is 0 Å². The molecule has 0 fully saturated rings. The summed E-state index contributed by atoms with van der Waals surface area (Å²) in [4.78, 5) is 0. The molecule has 0 aromatic rings. The first kappa shape index (κ1) is 16.0. The Morgan fingerprint density at radius 2 is 1.67 bits per heavy atom. The molecule has 0 amide bonds. The zero-order valence-corrected chi connectivity index (χ0v) is 5.35. The van der Waals surface area contributed by atoms with Gasteiger partial charge < -0.3 is 11.0 Å². The molecule has 3 heteroatoms. The van der Waals surface area contributed by atoms with Gasteiger partial charge in [-0.25, -0.2) is 0 Å². The van der Waals surface area contributed by atoms with Gasteiger partial charge in [-0.05, 0) is 0 Å². The minimum atomic E-state index is 0. The summed E-state index contributed by atoms with van der Waals surface area (Å²) in [6.07, 6.45) is 1.19. The molecule has 0 heterocycles. The standard InChI is InChI=1S/C3H6.2H2O.Ti/c1-3-2;;;/h1H,3H2,2H3;2*1H2;. The molecule has 0 aromatic heterocycles. The Kier molecular flexibility index (Phi) is 47.6. The van der Waals surface area contributed by atoms with E-state index in [4.69, 9.17) is 0 Å². The molecule has 0 bridgehead atoms. The van der Waals surface area contributed by atoms with E-state index in [1.807, 2.05) is 0 Å². The molecule has 0 spiro atoms. The van der Waals surface area contributed by atoms with Crippen LogP contribution in [0.1, 0.15) is 13.3 Å². The summed E-state index contributed by atoms with van der Waals surface area (Å²) in [6.45, 7) is 2.12. The second-order valence-electron chi connectivity index (χ2n) is 0.612. The topological polar surface area (TPSA) is 63.0 Å². The molecular weight excluding hydrogens is 116 g/mol. The summed E-state index contributed by atoms with van der Waals surface area (Å²) >= 11 is 2.06. The van der Waals surface area contributed by atoms with Crippen molar-refractivity contribution in [3.8, 4) is 0 Å². The van der Waals surface area contributed by atoms with Crippen LogP contribution in [0.25, 0.3) is 0 Å². The zero-order valence-electron chi connectivity index (χ0n) is 3.78. The van der Waals surface area contributed by atoms with Gasteiger partial charge in [-0.3, -0.25) is 0 Å². The van der Waals surface area contributed by atoms with E-state index in [0.29, 0.717) is 0 Å². The third kappa shape index (κ3) is 24.4. The maximum Gasteiger partial charge on any atom is -0.412 e. The summed E-state index contributed by atoms with van der Waals surface area (Å²) in [6, 6.07) is 0. The van der Waals surface area contributed by atoms with E-state index in [-0.39, 0.29) is 11.0 Å². The quantitative estimate of drug-likeness (QED) is 0.408. The molecule has 38 valence electrons. The van der Waals surface area contributed by atoms with Gasteiger partial charge in [0.1, 0.15) is 0 Å². The number of hydrogen-bond acceptors (Lipinski definition) is 0. The van der Waals surface area contributed by atoms with Crippen molar-refractivity contribution in [2.24, 2.45) is 0 Å². The maximum absolute atomic E-state index is 2.12. The van der Waals surface area contributed by atoms with Gasteiger partial charge in [-0.2, -0.15) is 0 Å². The van der Waals surface area contributed by atoms with Crippen LogP contribution < -0.4 is 0 Å². The van der Waals surface area contributed by atoms with Crippen molar-refractivity contribution in [1.29, 1.82) is 0 Å². The fraction of sp³-hybridized carbons (Fsp3) is 0.667. The Morgan fingerprint density at radius 1 is 1.50 bits per heavy atom. The minimum absolute atomic E-state index is 0. The minimum Gasteiger partial charge on any atom is -0.412 e. The van der Waals surface area contributed by atoms with Crippen LogP contribution in [0.5, 0.6) is 0 Å². The molecule has 0 unspecified atom stereocenters. The van der Waals surface area contributed by atoms with Crippen molar-refractivity contribution in [3.63, 3.8) is 0 Å². The molecule has 0 aliphatic heterocycles. The van der Waals surface area contributed by atoms with Crippen molar-refractivity contribution >= 4 is 4.31 Å². The average Bonchev–Trinajstić information content (AvgIpc) is 1.37. The molecule has 0 rings (SSSR count). The van der Waals surface area contributed by atoms with Crippen LogP contribution in [0.4, 0.5) is 0 Å². The molecule has 2 nitrogen and oxygen atoms in total. The second-order valence-corrected chi connectivity index (χ2v) is 1.25. The van der Waals surface area contributed by atoms with E-state index in [2.05, 4.69) is 31.2 Å². The first-order chi connectivity index (χ1) is 1.91. The largest absolute Gasteiger partial charge is 0.412 e. The summed E-state index contributed by atoms with van der Waals surface area (Å²) < 4.78 is 2.12. The van der Waals surface area contributed by atoms with Crippen LogP contribution in [0, 0.1) is 0 Å². The molecule has 0 saturated carbocycles. The Balaban J connectivity index is -0.0000000450.